The first kappa shape index (κ1) is 16.5. The molecule has 1 aliphatic heterocycles. The molecule has 0 fully saturated rings. The van der Waals surface area contributed by atoms with Gasteiger partial charge in [-0.2, -0.15) is 5.26 Å². The normalized spacial score (nSPS) is 13.2. The van der Waals surface area contributed by atoms with E-state index in [2.05, 4.69) is 6.07 Å². The number of amides is 1. The van der Waals surface area contributed by atoms with Crippen molar-refractivity contribution in [2.45, 2.75) is 13.0 Å². The quantitative estimate of drug-likeness (QED) is 0.801. The number of rotatable bonds is 4. The molecular weight excluding hydrogens is 320 g/mol. The molecule has 2 aromatic carbocycles. The molecule has 0 aromatic heterocycles. The van der Waals surface area contributed by atoms with E-state index in [0.717, 1.165) is 0 Å². The molecule has 6 heteroatoms. The molecule has 0 radical (unpaired) electrons. The minimum Gasteiger partial charge on any atom is -0.491 e. The first-order chi connectivity index (χ1) is 12.2. The van der Waals surface area contributed by atoms with Crippen molar-refractivity contribution < 1.29 is 19.1 Å². The summed E-state index contributed by atoms with van der Waals surface area (Å²) >= 11 is 0. The lowest BCUT2D eigenvalue weighted by atomic mass is 10.1. The van der Waals surface area contributed by atoms with Crippen molar-refractivity contribution in [3.63, 3.8) is 0 Å². The van der Waals surface area contributed by atoms with Gasteiger partial charge in [-0.25, -0.2) is 0 Å². The number of carbonyl (C=O) groups is 2. The topological polar surface area (TPSA) is 79.6 Å². The minimum absolute atomic E-state index is 0.0112. The number of hydrogen-bond acceptors (Lipinski definition) is 5. The number of nitriles is 1. The van der Waals surface area contributed by atoms with Gasteiger partial charge in [-0.15, -0.1) is 0 Å². The molecule has 1 heterocycles. The summed E-state index contributed by atoms with van der Waals surface area (Å²) in [6.07, 6.45) is 0.194. The molecule has 0 saturated carbocycles. The number of anilines is 1. The Balaban J connectivity index is 1.70. The number of para-hydroxylation sites is 2. The van der Waals surface area contributed by atoms with Gasteiger partial charge in [0, 0.05) is 5.56 Å². The van der Waals surface area contributed by atoms with Crippen LogP contribution in [0.2, 0.25) is 0 Å². The average Bonchev–Trinajstić information content (AvgIpc) is 2.79. The number of benzene rings is 2. The van der Waals surface area contributed by atoms with Gasteiger partial charge < -0.3 is 9.47 Å². The standard InChI is InChI=1S/C19H16N2O4/c20-11-14-5-1-2-6-15(14)13-25-19(23)12-21-16-7-3-4-8-17(16)24-10-9-18(21)22/h1-8H,9-10,12-13H2. The molecule has 0 aliphatic carbocycles. The summed E-state index contributed by atoms with van der Waals surface area (Å²) in [6, 6.07) is 16.0. The van der Waals surface area contributed by atoms with Crippen LogP contribution in [0.4, 0.5) is 5.69 Å². The summed E-state index contributed by atoms with van der Waals surface area (Å²) in [4.78, 5) is 25.9. The fourth-order valence-electron chi connectivity index (χ4n) is 2.58. The molecule has 1 amide bonds. The number of fused-ring (bicyclic) bond motifs is 1. The zero-order chi connectivity index (χ0) is 17.6. The Bertz CT molecular complexity index is 841. The first-order valence-electron chi connectivity index (χ1n) is 7.85. The Hall–Kier alpha value is -3.33. The zero-order valence-electron chi connectivity index (χ0n) is 13.5. The van der Waals surface area contributed by atoms with E-state index in [-0.39, 0.29) is 32.1 Å². The van der Waals surface area contributed by atoms with E-state index in [1.165, 1.54) is 4.90 Å². The van der Waals surface area contributed by atoms with Gasteiger partial charge in [0.2, 0.25) is 5.91 Å². The number of esters is 1. The van der Waals surface area contributed by atoms with Gasteiger partial charge in [-0.1, -0.05) is 30.3 Å². The lowest BCUT2D eigenvalue weighted by Crippen LogP contribution is -2.36. The number of hydrogen-bond donors (Lipinski definition) is 0. The molecule has 3 rings (SSSR count). The van der Waals surface area contributed by atoms with Crippen LogP contribution in [0.25, 0.3) is 0 Å². The number of carbonyl (C=O) groups excluding carboxylic acids is 2. The van der Waals surface area contributed by atoms with E-state index in [1.54, 1.807) is 42.5 Å². The second kappa shape index (κ2) is 7.49. The van der Waals surface area contributed by atoms with Crippen molar-refractivity contribution in [3.05, 3.63) is 59.7 Å². The van der Waals surface area contributed by atoms with Crippen LogP contribution in [0, 0.1) is 11.3 Å². The van der Waals surface area contributed by atoms with E-state index in [0.29, 0.717) is 22.6 Å². The third-order valence-corrected chi connectivity index (χ3v) is 3.84. The van der Waals surface area contributed by atoms with Gasteiger partial charge in [0.25, 0.3) is 0 Å². The van der Waals surface area contributed by atoms with E-state index in [9.17, 15) is 9.59 Å². The molecule has 0 bridgehead atoms. The Morgan fingerprint density at radius 1 is 1.20 bits per heavy atom. The Morgan fingerprint density at radius 3 is 2.80 bits per heavy atom. The molecule has 2 aromatic rings. The summed E-state index contributed by atoms with van der Waals surface area (Å²) in [5.74, 6) is -0.173. The summed E-state index contributed by atoms with van der Waals surface area (Å²) in [7, 11) is 0. The zero-order valence-corrected chi connectivity index (χ0v) is 13.5. The maximum absolute atomic E-state index is 12.3. The second-order valence-electron chi connectivity index (χ2n) is 5.48. The first-order valence-corrected chi connectivity index (χ1v) is 7.85. The summed E-state index contributed by atoms with van der Waals surface area (Å²) in [5, 5.41) is 9.06. The molecule has 0 spiro atoms. The molecule has 6 nitrogen and oxygen atoms in total. The fourth-order valence-corrected chi connectivity index (χ4v) is 2.58. The van der Waals surface area contributed by atoms with Crippen molar-refractivity contribution in [1.29, 1.82) is 5.26 Å². The molecule has 25 heavy (non-hydrogen) atoms. The third kappa shape index (κ3) is 3.78. The van der Waals surface area contributed by atoms with Crippen LogP contribution >= 0.6 is 0 Å². The Labute approximate surface area is 145 Å². The van der Waals surface area contributed by atoms with Crippen LogP contribution in [-0.2, 0) is 20.9 Å². The van der Waals surface area contributed by atoms with Gasteiger partial charge in [-0.05, 0) is 18.2 Å². The van der Waals surface area contributed by atoms with Crippen LogP contribution in [0.5, 0.6) is 5.75 Å². The summed E-state index contributed by atoms with van der Waals surface area (Å²) in [6.45, 7) is 0.0631. The monoisotopic (exact) mass is 336 g/mol. The highest BCUT2D eigenvalue weighted by molar-refractivity contribution is 5.99. The van der Waals surface area contributed by atoms with Crippen LogP contribution in [0.1, 0.15) is 17.5 Å². The highest BCUT2D eigenvalue weighted by Gasteiger charge is 2.25. The van der Waals surface area contributed by atoms with Crippen molar-refractivity contribution in [2.24, 2.45) is 0 Å². The van der Waals surface area contributed by atoms with Gasteiger partial charge in [0.15, 0.2) is 0 Å². The predicted octanol–water partition coefficient (Wildman–Crippen LogP) is 2.42. The van der Waals surface area contributed by atoms with E-state index < -0.39 is 5.97 Å². The van der Waals surface area contributed by atoms with Gasteiger partial charge in [0.1, 0.15) is 18.9 Å². The van der Waals surface area contributed by atoms with Crippen LogP contribution in [0.15, 0.2) is 48.5 Å². The fraction of sp³-hybridized carbons (Fsp3) is 0.211. The largest absolute Gasteiger partial charge is 0.491 e. The van der Waals surface area contributed by atoms with Gasteiger partial charge in [-0.3, -0.25) is 14.5 Å². The highest BCUT2D eigenvalue weighted by atomic mass is 16.5. The molecule has 0 N–H and O–H groups in total. The smallest absolute Gasteiger partial charge is 0.326 e. The van der Waals surface area contributed by atoms with Gasteiger partial charge in [0.05, 0.1) is 30.3 Å². The summed E-state index contributed by atoms with van der Waals surface area (Å²) < 4.78 is 10.8. The Morgan fingerprint density at radius 2 is 1.96 bits per heavy atom. The predicted molar refractivity (Wildman–Crippen MR) is 89.9 cm³/mol. The molecule has 0 atom stereocenters. The van der Waals surface area contributed by atoms with Crippen molar-refractivity contribution in [3.8, 4) is 11.8 Å². The van der Waals surface area contributed by atoms with Crippen LogP contribution in [0.3, 0.4) is 0 Å². The van der Waals surface area contributed by atoms with E-state index in [1.807, 2.05) is 6.07 Å². The highest BCUT2D eigenvalue weighted by Crippen LogP contribution is 2.30. The van der Waals surface area contributed by atoms with Crippen molar-refractivity contribution in [1.82, 2.24) is 0 Å². The van der Waals surface area contributed by atoms with Gasteiger partial charge >= 0.3 is 5.97 Å². The molecule has 0 saturated heterocycles. The Kier molecular flexibility index (Phi) is 4.95. The number of nitrogens with zero attached hydrogens (tertiary/aromatic N) is 2. The number of ether oxygens (including phenoxy) is 2. The van der Waals surface area contributed by atoms with E-state index in [4.69, 9.17) is 14.7 Å². The minimum atomic E-state index is -0.544. The SMILES string of the molecule is N#Cc1ccccc1COC(=O)CN1C(=O)CCOc2ccccc21. The van der Waals surface area contributed by atoms with Crippen LogP contribution < -0.4 is 9.64 Å². The molecule has 0 unspecified atom stereocenters. The maximum atomic E-state index is 12.3. The molecule has 1 aliphatic rings. The molecule has 126 valence electrons. The molecular formula is C19H16N2O4. The van der Waals surface area contributed by atoms with Crippen LogP contribution in [-0.4, -0.2) is 25.0 Å². The lowest BCUT2D eigenvalue weighted by Gasteiger charge is -2.20. The third-order valence-electron chi connectivity index (χ3n) is 3.84. The summed E-state index contributed by atoms with van der Waals surface area (Å²) in [5.41, 5.74) is 1.64. The lowest BCUT2D eigenvalue weighted by molar-refractivity contribution is -0.144. The second-order valence-corrected chi connectivity index (χ2v) is 5.48. The van der Waals surface area contributed by atoms with E-state index >= 15 is 0 Å². The maximum Gasteiger partial charge on any atom is 0.326 e. The average molecular weight is 336 g/mol. The van der Waals surface area contributed by atoms with Crippen molar-refractivity contribution in [2.75, 3.05) is 18.1 Å². The van der Waals surface area contributed by atoms with Crippen molar-refractivity contribution >= 4 is 17.6 Å².